The average molecular weight is 201 g/mol. The van der Waals surface area contributed by atoms with E-state index in [-0.39, 0.29) is 0 Å². The van der Waals surface area contributed by atoms with Gasteiger partial charge in [-0.2, -0.15) is 0 Å². The van der Waals surface area contributed by atoms with Gasteiger partial charge in [0.15, 0.2) is 0 Å². The highest BCUT2D eigenvalue weighted by Crippen LogP contribution is 2.32. The lowest BCUT2D eigenvalue weighted by molar-refractivity contribution is 0.181. The zero-order valence-corrected chi connectivity index (χ0v) is 8.75. The number of ether oxygens (including phenoxy) is 1. The Morgan fingerprint density at radius 3 is 2.93 bits per heavy atom. The maximum Gasteiger partial charge on any atom is 0.116 e. The van der Waals surface area contributed by atoms with Gasteiger partial charge in [-0.05, 0) is 25.3 Å². The van der Waals surface area contributed by atoms with Gasteiger partial charge in [-0.25, -0.2) is 0 Å². The molecule has 0 unspecified atom stereocenters. The van der Waals surface area contributed by atoms with Crippen molar-refractivity contribution in [2.45, 2.75) is 32.3 Å². The Labute approximate surface area is 89.9 Å². The van der Waals surface area contributed by atoms with E-state index in [1.807, 2.05) is 0 Å². The molecule has 0 amide bonds. The van der Waals surface area contributed by atoms with Crippen molar-refractivity contribution in [2.24, 2.45) is 0 Å². The first-order chi connectivity index (χ1) is 7.43. The van der Waals surface area contributed by atoms with Crippen molar-refractivity contribution >= 4 is 5.69 Å². The smallest absolute Gasteiger partial charge is 0.116 e. The lowest BCUT2D eigenvalue weighted by Gasteiger charge is -2.18. The van der Waals surface area contributed by atoms with Crippen LogP contribution in [0.15, 0.2) is 35.7 Å². The third-order valence-electron chi connectivity index (χ3n) is 3.12. The van der Waals surface area contributed by atoms with Crippen molar-refractivity contribution in [3.63, 3.8) is 0 Å². The number of anilines is 1. The summed E-state index contributed by atoms with van der Waals surface area (Å²) < 4.78 is 5.85. The number of benzene rings is 1. The van der Waals surface area contributed by atoms with Gasteiger partial charge in [-0.15, -0.1) is 0 Å². The molecule has 3 rings (SSSR count). The van der Waals surface area contributed by atoms with E-state index in [1.165, 1.54) is 35.5 Å². The summed E-state index contributed by atoms with van der Waals surface area (Å²) in [4.78, 5) is 0. The van der Waals surface area contributed by atoms with Crippen molar-refractivity contribution in [3.05, 3.63) is 41.3 Å². The van der Waals surface area contributed by atoms with Crippen molar-refractivity contribution in [1.29, 1.82) is 0 Å². The first kappa shape index (κ1) is 8.84. The van der Waals surface area contributed by atoms with Gasteiger partial charge in [0.25, 0.3) is 0 Å². The molecule has 2 heteroatoms. The fourth-order valence-corrected chi connectivity index (χ4v) is 2.26. The summed E-state index contributed by atoms with van der Waals surface area (Å²) in [6.07, 6.45) is 4.76. The maximum absolute atomic E-state index is 5.85. The number of fused-ring (bicyclic) bond motifs is 1. The summed E-state index contributed by atoms with van der Waals surface area (Å²) in [7, 11) is 0. The third-order valence-corrected chi connectivity index (χ3v) is 3.12. The number of nitrogens with one attached hydrogen (secondary N) is 1. The van der Waals surface area contributed by atoms with Gasteiger partial charge in [0, 0.05) is 17.7 Å². The van der Waals surface area contributed by atoms with E-state index in [4.69, 9.17) is 4.74 Å². The van der Waals surface area contributed by atoms with E-state index in [2.05, 4.69) is 29.6 Å². The van der Waals surface area contributed by atoms with Gasteiger partial charge in [0.2, 0.25) is 0 Å². The Kier molecular flexibility index (Phi) is 2.13. The molecular formula is C13H15NO. The van der Waals surface area contributed by atoms with Gasteiger partial charge in [0.1, 0.15) is 12.4 Å². The summed E-state index contributed by atoms with van der Waals surface area (Å²) in [5, 5.41) is 3.52. The molecule has 1 aliphatic heterocycles. The van der Waals surface area contributed by atoms with Crippen LogP contribution < -0.4 is 5.32 Å². The molecule has 2 aliphatic rings. The van der Waals surface area contributed by atoms with Gasteiger partial charge in [0.05, 0.1) is 5.70 Å². The third kappa shape index (κ3) is 1.60. The van der Waals surface area contributed by atoms with E-state index in [9.17, 15) is 0 Å². The quantitative estimate of drug-likeness (QED) is 0.694. The fourth-order valence-electron chi connectivity index (χ4n) is 2.26. The zero-order chi connectivity index (χ0) is 10.1. The molecule has 0 saturated heterocycles. The molecule has 0 spiro atoms. The summed E-state index contributed by atoms with van der Waals surface area (Å²) in [5.74, 6) is 1.18. The second-order valence-corrected chi connectivity index (χ2v) is 4.18. The zero-order valence-electron chi connectivity index (χ0n) is 8.75. The minimum atomic E-state index is 0.710. The number of rotatable bonds is 0. The standard InChI is InChI=1S/C13H15NO/c1-2-6-11-10(5-1)9-15-13-8-4-3-7-12(13)14-11/h1-2,5-6,14H,3-4,7-9H2. The van der Waals surface area contributed by atoms with E-state index < -0.39 is 0 Å². The molecular weight excluding hydrogens is 186 g/mol. The van der Waals surface area contributed by atoms with Gasteiger partial charge in [-0.3, -0.25) is 0 Å². The van der Waals surface area contributed by atoms with Crippen molar-refractivity contribution < 1.29 is 4.74 Å². The molecule has 1 aromatic carbocycles. The van der Waals surface area contributed by atoms with Crippen molar-refractivity contribution in [1.82, 2.24) is 0 Å². The van der Waals surface area contributed by atoms with E-state index in [0.717, 1.165) is 12.8 Å². The van der Waals surface area contributed by atoms with Gasteiger partial charge in [-0.1, -0.05) is 18.2 Å². The number of hydrogen-bond donors (Lipinski definition) is 1. The number of hydrogen-bond acceptors (Lipinski definition) is 2. The van der Waals surface area contributed by atoms with Crippen molar-refractivity contribution in [3.8, 4) is 0 Å². The van der Waals surface area contributed by atoms with E-state index in [0.29, 0.717) is 6.61 Å². The molecule has 15 heavy (non-hydrogen) atoms. The Morgan fingerprint density at radius 2 is 1.93 bits per heavy atom. The van der Waals surface area contributed by atoms with Crippen LogP contribution in [0.5, 0.6) is 0 Å². The first-order valence-corrected chi connectivity index (χ1v) is 5.63. The van der Waals surface area contributed by atoms with Gasteiger partial charge < -0.3 is 10.1 Å². The highest BCUT2D eigenvalue weighted by atomic mass is 16.5. The molecule has 1 aliphatic carbocycles. The molecule has 0 radical (unpaired) electrons. The Hall–Kier alpha value is -1.44. The van der Waals surface area contributed by atoms with Crippen LogP contribution in [0.2, 0.25) is 0 Å². The molecule has 1 heterocycles. The highest BCUT2D eigenvalue weighted by molar-refractivity contribution is 5.56. The lowest BCUT2D eigenvalue weighted by atomic mass is 10.0. The molecule has 0 fully saturated rings. The SMILES string of the molecule is c1ccc2c(c1)COC1=C(CCCC1)N2. The predicted octanol–water partition coefficient (Wildman–Crippen LogP) is 3.41. The van der Waals surface area contributed by atoms with Crippen LogP contribution in [-0.4, -0.2) is 0 Å². The second-order valence-electron chi connectivity index (χ2n) is 4.18. The lowest BCUT2D eigenvalue weighted by Crippen LogP contribution is -2.07. The maximum atomic E-state index is 5.85. The summed E-state index contributed by atoms with van der Waals surface area (Å²) in [6.45, 7) is 0.710. The topological polar surface area (TPSA) is 21.3 Å². The van der Waals surface area contributed by atoms with Crippen LogP contribution in [0.1, 0.15) is 31.2 Å². The van der Waals surface area contributed by atoms with Crippen LogP contribution in [0.4, 0.5) is 5.69 Å². The molecule has 2 nitrogen and oxygen atoms in total. The average Bonchev–Trinajstić information content (AvgIpc) is 2.48. The Bertz CT molecular complexity index is 409. The molecule has 1 aromatic rings. The molecule has 78 valence electrons. The van der Waals surface area contributed by atoms with Crippen LogP contribution >= 0.6 is 0 Å². The van der Waals surface area contributed by atoms with Gasteiger partial charge >= 0.3 is 0 Å². The minimum Gasteiger partial charge on any atom is -0.491 e. The monoisotopic (exact) mass is 201 g/mol. The summed E-state index contributed by atoms with van der Waals surface area (Å²) >= 11 is 0. The Balaban J connectivity index is 1.97. The number of allylic oxidation sites excluding steroid dienone is 2. The van der Waals surface area contributed by atoms with Crippen molar-refractivity contribution in [2.75, 3.05) is 5.32 Å². The molecule has 0 saturated carbocycles. The molecule has 0 aromatic heterocycles. The first-order valence-electron chi connectivity index (χ1n) is 5.63. The largest absolute Gasteiger partial charge is 0.491 e. The fraction of sp³-hybridized carbons (Fsp3) is 0.385. The van der Waals surface area contributed by atoms with Crippen LogP contribution in [0.3, 0.4) is 0 Å². The summed E-state index contributed by atoms with van der Waals surface area (Å²) in [6, 6.07) is 8.39. The molecule has 1 N–H and O–H groups in total. The summed E-state index contributed by atoms with van der Waals surface area (Å²) in [5.41, 5.74) is 3.77. The molecule has 0 atom stereocenters. The highest BCUT2D eigenvalue weighted by Gasteiger charge is 2.18. The number of para-hydroxylation sites is 1. The Morgan fingerprint density at radius 1 is 1.07 bits per heavy atom. The van der Waals surface area contributed by atoms with E-state index >= 15 is 0 Å². The second kappa shape index (κ2) is 3.61. The molecule has 0 bridgehead atoms. The van der Waals surface area contributed by atoms with Crippen LogP contribution in [-0.2, 0) is 11.3 Å². The van der Waals surface area contributed by atoms with E-state index in [1.54, 1.807) is 0 Å². The predicted molar refractivity (Wildman–Crippen MR) is 60.3 cm³/mol. The minimum absolute atomic E-state index is 0.710. The van der Waals surface area contributed by atoms with Crippen LogP contribution in [0, 0.1) is 0 Å². The normalized spacial score (nSPS) is 19.5. The van der Waals surface area contributed by atoms with Crippen LogP contribution in [0.25, 0.3) is 0 Å².